The molecular weight excluding hydrogens is 244 g/mol. The van der Waals surface area contributed by atoms with Crippen molar-refractivity contribution in [2.75, 3.05) is 0 Å². The van der Waals surface area contributed by atoms with Crippen LogP contribution in [0.15, 0.2) is 73.3 Å². The molecule has 3 aromatic rings. The monoisotopic (exact) mass is 260 g/mol. The molecule has 9 rings (SSSR count). The first-order chi connectivity index (χ1) is 9.87. The number of nitrogens with zero attached hydrogens (tertiary/aromatic N) is 2. The lowest BCUT2D eigenvalue weighted by Crippen LogP contribution is -2.34. The average Bonchev–Trinajstić information content (AvgIpc) is 2.51. The number of aromatic nitrogens is 2. The van der Waals surface area contributed by atoms with Crippen molar-refractivity contribution in [2.24, 2.45) is 0 Å². The molecule has 6 aliphatic heterocycles. The topological polar surface area (TPSA) is 7.76 Å². The molecule has 0 atom stereocenters. The maximum absolute atomic E-state index is 2.22. The maximum atomic E-state index is 2.22. The van der Waals surface area contributed by atoms with Gasteiger partial charge in [0.15, 0.2) is 37.9 Å². The van der Waals surface area contributed by atoms with Gasteiger partial charge in [-0.05, 0) is 11.1 Å². The van der Waals surface area contributed by atoms with E-state index < -0.39 is 0 Å². The van der Waals surface area contributed by atoms with Crippen LogP contribution in [0.1, 0.15) is 11.1 Å². The van der Waals surface area contributed by atoms with Gasteiger partial charge >= 0.3 is 0 Å². The highest BCUT2D eigenvalue weighted by molar-refractivity contribution is 5.60. The Kier molecular flexibility index (Phi) is 2.59. The highest BCUT2D eigenvalue weighted by Crippen LogP contribution is 2.16. The molecule has 6 aliphatic rings. The molecule has 6 bridgehead atoms. The van der Waals surface area contributed by atoms with Gasteiger partial charge in [-0.15, -0.1) is 0 Å². The van der Waals surface area contributed by atoms with Crippen LogP contribution in [0, 0.1) is 0 Å². The Balaban J connectivity index is 1.90. The lowest BCUT2D eigenvalue weighted by atomic mass is 10.1. The van der Waals surface area contributed by atoms with Crippen molar-refractivity contribution in [1.29, 1.82) is 0 Å². The minimum atomic E-state index is 0.922. The van der Waals surface area contributed by atoms with Crippen molar-refractivity contribution in [2.45, 2.75) is 13.1 Å². The number of benzene rings is 1. The van der Waals surface area contributed by atoms with Crippen LogP contribution in [0.2, 0.25) is 0 Å². The fourth-order valence-corrected chi connectivity index (χ4v) is 2.68. The third-order valence-corrected chi connectivity index (χ3v) is 3.87. The molecule has 0 N–H and O–H groups in total. The van der Waals surface area contributed by atoms with Gasteiger partial charge in [0.1, 0.15) is 0 Å². The average molecular weight is 260 g/mol. The molecule has 0 fully saturated rings. The summed E-state index contributed by atoms with van der Waals surface area (Å²) in [5.74, 6) is 0. The minimum absolute atomic E-state index is 0.922. The van der Waals surface area contributed by atoms with Crippen LogP contribution in [0.25, 0.3) is 11.1 Å². The molecule has 0 saturated carbocycles. The summed E-state index contributed by atoms with van der Waals surface area (Å²) >= 11 is 0. The molecule has 0 unspecified atom stereocenters. The smallest absolute Gasteiger partial charge is 0.173 e. The van der Waals surface area contributed by atoms with Crippen molar-refractivity contribution in [3.05, 3.63) is 84.4 Å². The van der Waals surface area contributed by atoms with E-state index in [1.807, 2.05) is 0 Å². The molecule has 0 saturated heterocycles. The van der Waals surface area contributed by atoms with Gasteiger partial charge in [0.25, 0.3) is 0 Å². The zero-order chi connectivity index (χ0) is 13.4. The van der Waals surface area contributed by atoms with E-state index in [-0.39, 0.29) is 0 Å². The Morgan fingerprint density at radius 3 is 1.20 bits per heavy atom. The fourth-order valence-electron chi connectivity index (χ4n) is 2.68. The lowest BCUT2D eigenvalue weighted by Gasteiger charge is -2.05. The Morgan fingerprint density at radius 2 is 0.850 bits per heavy atom. The van der Waals surface area contributed by atoms with Crippen LogP contribution in [0.4, 0.5) is 0 Å². The molecule has 0 spiro atoms. The summed E-state index contributed by atoms with van der Waals surface area (Å²) in [5, 5.41) is 0. The summed E-state index contributed by atoms with van der Waals surface area (Å²) in [7, 11) is 0. The van der Waals surface area contributed by atoms with Crippen LogP contribution in [-0.4, -0.2) is 0 Å². The summed E-state index contributed by atoms with van der Waals surface area (Å²) in [4.78, 5) is 0. The van der Waals surface area contributed by atoms with Crippen LogP contribution >= 0.6 is 0 Å². The quantitative estimate of drug-likeness (QED) is 0.429. The van der Waals surface area contributed by atoms with Crippen LogP contribution < -0.4 is 9.13 Å². The highest BCUT2D eigenvalue weighted by Gasteiger charge is 2.09. The number of pyridine rings is 2. The summed E-state index contributed by atoms with van der Waals surface area (Å²) in [6.45, 7) is 1.84. The summed E-state index contributed by atoms with van der Waals surface area (Å²) in [6, 6.07) is 17.6. The summed E-state index contributed by atoms with van der Waals surface area (Å²) < 4.78 is 4.43. The zero-order valence-corrected chi connectivity index (χ0v) is 11.2. The maximum Gasteiger partial charge on any atom is 0.173 e. The summed E-state index contributed by atoms with van der Waals surface area (Å²) in [6.07, 6.45) is 8.60. The summed E-state index contributed by atoms with van der Waals surface area (Å²) in [5.41, 5.74) is 5.20. The van der Waals surface area contributed by atoms with Crippen molar-refractivity contribution < 1.29 is 9.13 Å². The van der Waals surface area contributed by atoms with E-state index in [2.05, 4.69) is 82.5 Å². The Morgan fingerprint density at radius 1 is 0.500 bits per heavy atom. The second-order valence-electron chi connectivity index (χ2n) is 5.33. The standard InChI is InChI=1S/C18H16N2/c1-2-16-4-3-15(1)13-19-9-5-17(6-10-19)18-7-11-20(14-16)12-8-18/h1-12H,13-14H2/q+2. The Bertz CT molecular complexity index is 659. The van der Waals surface area contributed by atoms with Crippen LogP contribution in [-0.2, 0) is 13.1 Å². The van der Waals surface area contributed by atoms with Crippen molar-refractivity contribution in [3.63, 3.8) is 0 Å². The molecule has 0 aliphatic carbocycles. The zero-order valence-electron chi connectivity index (χ0n) is 11.2. The Hall–Kier alpha value is -2.48. The van der Waals surface area contributed by atoms with Gasteiger partial charge in [-0.25, -0.2) is 9.13 Å². The molecule has 2 heteroatoms. The predicted octanol–water partition coefficient (Wildman–Crippen LogP) is 2.34. The van der Waals surface area contributed by atoms with Gasteiger partial charge in [0.2, 0.25) is 0 Å². The van der Waals surface area contributed by atoms with Crippen molar-refractivity contribution >= 4 is 0 Å². The largest absolute Gasteiger partial charge is 0.201 e. The second kappa shape index (κ2) is 4.57. The highest BCUT2D eigenvalue weighted by atomic mass is 14.9. The number of hydrogen-bond acceptors (Lipinski definition) is 0. The molecule has 0 amide bonds. The molecule has 0 radical (unpaired) electrons. The molecular formula is C18H16N2+2. The number of rotatable bonds is 0. The van der Waals surface area contributed by atoms with E-state index in [4.69, 9.17) is 0 Å². The molecule has 20 heavy (non-hydrogen) atoms. The third-order valence-electron chi connectivity index (χ3n) is 3.87. The second-order valence-corrected chi connectivity index (χ2v) is 5.33. The molecule has 2 nitrogen and oxygen atoms in total. The SMILES string of the molecule is c1cc2ccc1C[n+]1ccc(cc1)-c1cc[n+](cc1)C2. The predicted molar refractivity (Wildman–Crippen MR) is 76.9 cm³/mol. The van der Waals surface area contributed by atoms with Crippen LogP contribution in [0.5, 0.6) is 0 Å². The van der Waals surface area contributed by atoms with Crippen molar-refractivity contribution in [1.82, 2.24) is 0 Å². The van der Waals surface area contributed by atoms with E-state index in [1.165, 1.54) is 22.3 Å². The van der Waals surface area contributed by atoms with E-state index in [9.17, 15) is 0 Å². The molecule has 96 valence electrons. The van der Waals surface area contributed by atoms with Crippen molar-refractivity contribution in [3.8, 4) is 11.1 Å². The first-order valence-electron chi connectivity index (χ1n) is 6.93. The van der Waals surface area contributed by atoms with E-state index in [1.54, 1.807) is 0 Å². The normalized spacial score (nSPS) is 12.6. The third kappa shape index (κ3) is 2.10. The van der Waals surface area contributed by atoms with Gasteiger partial charge in [0, 0.05) is 35.4 Å². The first-order valence-corrected chi connectivity index (χ1v) is 6.93. The molecule has 1 aromatic carbocycles. The lowest BCUT2D eigenvalue weighted by molar-refractivity contribution is -0.689. The Labute approximate surface area is 118 Å². The van der Waals surface area contributed by atoms with E-state index >= 15 is 0 Å². The van der Waals surface area contributed by atoms with E-state index in [0.29, 0.717) is 0 Å². The molecule has 8 heterocycles. The van der Waals surface area contributed by atoms with Gasteiger partial charge in [-0.3, -0.25) is 0 Å². The van der Waals surface area contributed by atoms with Gasteiger partial charge in [-0.2, -0.15) is 0 Å². The van der Waals surface area contributed by atoms with Gasteiger partial charge in [-0.1, -0.05) is 24.3 Å². The minimum Gasteiger partial charge on any atom is -0.201 e. The van der Waals surface area contributed by atoms with E-state index in [0.717, 1.165) is 13.1 Å². The fraction of sp³-hybridized carbons (Fsp3) is 0.111. The molecule has 2 aromatic heterocycles. The van der Waals surface area contributed by atoms with Gasteiger partial charge < -0.3 is 0 Å². The first kappa shape index (κ1) is 11.4. The van der Waals surface area contributed by atoms with Gasteiger partial charge in [0.05, 0.1) is 0 Å². The number of hydrogen-bond donors (Lipinski definition) is 0. The van der Waals surface area contributed by atoms with Crippen LogP contribution in [0.3, 0.4) is 0 Å².